The summed E-state index contributed by atoms with van der Waals surface area (Å²) in [6.07, 6.45) is 5.08. The number of benzene rings is 1. The van der Waals surface area contributed by atoms with Crippen LogP contribution >= 0.6 is 11.6 Å². The average molecular weight is 406 g/mol. The van der Waals surface area contributed by atoms with Crippen LogP contribution in [0.5, 0.6) is 0 Å². The number of H-pyrrole nitrogens is 1. The maximum atomic E-state index is 13.3. The number of aromatic amines is 1. The smallest absolute Gasteiger partial charge is 0.255 e. The van der Waals surface area contributed by atoms with Crippen molar-refractivity contribution in [2.75, 3.05) is 10.6 Å². The van der Waals surface area contributed by atoms with E-state index < -0.39 is 6.04 Å². The molecule has 0 radical (unpaired) electrons. The Morgan fingerprint density at radius 1 is 1.21 bits per heavy atom. The minimum absolute atomic E-state index is 0.223. The van der Waals surface area contributed by atoms with Gasteiger partial charge in [-0.1, -0.05) is 17.7 Å². The summed E-state index contributed by atoms with van der Waals surface area (Å²) in [7, 11) is 0. The number of hydrogen-bond acceptors (Lipinski definition) is 5. The lowest BCUT2D eigenvalue weighted by Gasteiger charge is -2.29. The number of hydrogen-bond donors (Lipinski definition) is 3. The molecule has 1 aliphatic heterocycles. The minimum Gasteiger partial charge on any atom is -0.344 e. The van der Waals surface area contributed by atoms with Crippen LogP contribution in [0.25, 0.3) is 10.9 Å². The number of aromatic nitrogens is 5. The van der Waals surface area contributed by atoms with E-state index in [1.807, 2.05) is 37.3 Å². The fourth-order valence-electron chi connectivity index (χ4n) is 3.58. The quantitative estimate of drug-likeness (QED) is 0.451. The summed E-state index contributed by atoms with van der Waals surface area (Å²) in [4.78, 5) is 17.5. The van der Waals surface area contributed by atoms with Crippen LogP contribution < -0.4 is 10.6 Å². The van der Waals surface area contributed by atoms with Gasteiger partial charge in [-0.25, -0.2) is 9.67 Å². The number of pyridine rings is 1. The molecule has 4 heterocycles. The molecule has 29 heavy (non-hydrogen) atoms. The molecule has 1 atom stereocenters. The number of amides is 1. The Kier molecular flexibility index (Phi) is 4.06. The molecule has 4 aromatic rings. The summed E-state index contributed by atoms with van der Waals surface area (Å²) >= 11 is 5.96. The Morgan fingerprint density at radius 2 is 2.10 bits per heavy atom. The molecule has 9 heteroatoms. The van der Waals surface area contributed by atoms with Gasteiger partial charge in [-0.3, -0.25) is 9.89 Å². The van der Waals surface area contributed by atoms with Gasteiger partial charge in [0.15, 0.2) is 0 Å². The molecule has 0 fully saturated rings. The molecule has 1 aromatic carbocycles. The highest BCUT2D eigenvalue weighted by atomic mass is 35.5. The third kappa shape index (κ3) is 3.03. The van der Waals surface area contributed by atoms with E-state index in [1.54, 1.807) is 29.3 Å². The predicted octanol–water partition coefficient (Wildman–Crippen LogP) is 3.74. The summed E-state index contributed by atoms with van der Waals surface area (Å²) in [5, 5.41) is 18.9. The summed E-state index contributed by atoms with van der Waals surface area (Å²) in [6, 6.07) is 10.6. The van der Waals surface area contributed by atoms with E-state index in [9.17, 15) is 4.79 Å². The number of anilines is 2. The Bertz CT molecular complexity index is 1260. The number of nitrogens with one attached hydrogen (secondary N) is 3. The van der Waals surface area contributed by atoms with Crippen LogP contribution in [-0.2, 0) is 4.79 Å². The lowest BCUT2D eigenvalue weighted by Crippen LogP contribution is -2.31. The third-order valence-electron chi connectivity index (χ3n) is 4.92. The fourth-order valence-corrected chi connectivity index (χ4v) is 3.69. The number of fused-ring (bicyclic) bond motifs is 2. The van der Waals surface area contributed by atoms with Crippen LogP contribution in [0.3, 0.4) is 0 Å². The van der Waals surface area contributed by atoms with E-state index in [0.717, 1.165) is 28.0 Å². The van der Waals surface area contributed by atoms with Gasteiger partial charge in [0.1, 0.15) is 17.0 Å². The topological polar surface area (TPSA) is 101 Å². The third-order valence-corrected chi connectivity index (χ3v) is 5.14. The number of nitrogens with zero attached hydrogens (tertiary/aromatic N) is 4. The largest absolute Gasteiger partial charge is 0.344 e. The molecule has 144 valence electrons. The minimum atomic E-state index is -0.427. The molecule has 3 aromatic heterocycles. The van der Waals surface area contributed by atoms with E-state index in [0.29, 0.717) is 16.4 Å². The standard InChI is InChI=1S/C20H16ClN7O/c1-11-18(20(29)26-14-3-4-15-13(8-14)10-23-27-15)19(12-2-5-16(21)22-9-12)28-17(25-11)6-7-24-28/h2-10,19,25H,1H3,(H,23,27)(H,26,29). The molecule has 0 saturated heterocycles. The predicted molar refractivity (Wildman–Crippen MR) is 111 cm³/mol. The van der Waals surface area contributed by atoms with Crippen LogP contribution in [0.4, 0.5) is 11.5 Å². The second kappa shape index (κ2) is 6.75. The van der Waals surface area contributed by atoms with Crippen molar-refractivity contribution < 1.29 is 4.79 Å². The van der Waals surface area contributed by atoms with Crippen molar-refractivity contribution in [2.45, 2.75) is 13.0 Å². The number of carbonyl (C=O) groups is 1. The van der Waals surface area contributed by atoms with Gasteiger partial charge in [0.05, 0.1) is 23.5 Å². The highest BCUT2D eigenvalue weighted by molar-refractivity contribution is 6.29. The number of allylic oxidation sites excluding steroid dienone is 1. The molecule has 1 unspecified atom stereocenters. The average Bonchev–Trinajstić information content (AvgIpc) is 3.36. The van der Waals surface area contributed by atoms with Crippen LogP contribution in [-0.4, -0.2) is 30.9 Å². The summed E-state index contributed by atoms with van der Waals surface area (Å²) < 4.78 is 1.77. The monoisotopic (exact) mass is 405 g/mol. The van der Waals surface area contributed by atoms with E-state index in [4.69, 9.17) is 11.6 Å². The van der Waals surface area contributed by atoms with E-state index in [-0.39, 0.29) is 5.91 Å². The van der Waals surface area contributed by atoms with Crippen molar-refractivity contribution in [3.63, 3.8) is 0 Å². The lowest BCUT2D eigenvalue weighted by molar-refractivity contribution is -0.113. The van der Waals surface area contributed by atoms with Gasteiger partial charge in [-0.05, 0) is 36.8 Å². The molecule has 0 saturated carbocycles. The molecular weight excluding hydrogens is 390 g/mol. The van der Waals surface area contributed by atoms with Gasteiger partial charge >= 0.3 is 0 Å². The van der Waals surface area contributed by atoms with Crippen LogP contribution in [0.15, 0.2) is 66.3 Å². The van der Waals surface area contributed by atoms with Gasteiger partial charge in [0.25, 0.3) is 5.91 Å². The summed E-state index contributed by atoms with van der Waals surface area (Å²) in [5.74, 6) is 0.581. The summed E-state index contributed by atoms with van der Waals surface area (Å²) in [5.41, 5.74) is 3.71. The zero-order valence-electron chi connectivity index (χ0n) is 15.3. The first-order valence-electron chi connectivity index (χ1n) is 8.97. The molecule has 3 N–H and O–H groups in total. The highest BCUT2D eigenvalue weighted by Gasteiger charge is 2.32. The first-order chi connectivity index (χ1) is 14.1. The van der Waals surface area contributed by atoms with Crippen molar-refractivity contribution in [1.82, 2.24) is 25.0 Å². The first kappa shape index (κ1) is 17.4. The zero-order valence-corrected chi connectivity index (χ0v) is 16.1. The van der Waals surface area contributed by atoms with Crippen molar-refractivity contribution >= 4 is 39.9 Å². The molecular formula is C20H16ClN7O. The molecule has 8 nitrogen and oxygen atoms in total. The SMILES string of the molecule is CC1=C(C(=O)Nc2ccc3[nH]ncc3c2)C(c2ccc(Cl)nc2)n2nccc2N1. The Balaban J connectivity index is 1.54. The van der Waals surface area contributed by atoms with Crippen molar-refractivity contribution in [2.24, 2.45) is 0 Å². The molecule has 0 bridgehead atoms. The van der Waals surface area contributed by atoms with Crippen LogP contribution in [0.1, 0.15) is 18.5 Å². The number of rotatable bonds is 3. The Morgan fingerprint density at radius 3 is 2.93 bits per heavy atom. The number of carbonyl (C=O) groups excluding carboxylic acids is 1. The first-order valence-corrected chi connectivity index (χ1v) is 9.35. The Labute approximate surface area is 170 Å². The van der Waals surface area contributed by atoms with Gasteiger partial charge < -0.3 is 10.6 Å². The molecule has 0 spiro atoms. The Hall–Kier alpha value is -3.65. The normalized spacial score (nSPS) is 15.9. The molecule has 0 aliphatic carbocycles. The van der Waals surface area contributed by atoms with Gasteiger partial charge in [-0.15, -0.1) is 0 Å². The molecule has 1 amide bonds. The van der Waals surface area contributed by atoms with Crippen LogP contribution in [0.2, 0.25) is 5.15 Å². The second-order valence-electron chi connectivity index (χ2n) is 6.77. The van der Waals surface area contributed by atoms with E-state index in [1.165, 1.54) is 0 Å². The van der Waals surface area contributed by atoms with E-state index >= 15 is 0 Å². The zero-order chi connectivity index (χ0) is 20.0. The number of halogens is 1. The maximum Gasteiger partial charge on any atom is 0.255 e. The van der Waals surface area contributed by atoms with Crippen molar-refractivity contribution in [1.29, 1.82) is 0 Å². The maximum absolute atomic E-state index is 13.3. The van der Waals surface area contributed by atoms with Gasteiger partial charge in [0, 0.05) is 29.0 Å². The lowest BCUT2D eigenvalue weighted by atomic mass is 9.96. The fraction of sp³-hybridized carbons (Fsp3) is 0.100. The van der Waals surface area contributed by atoms with Gasteiger partial charge in [-0.2, -0.15) is 10.2 Å². The highest BCUT2D eigenvalue weighted by Crippen LogP contribution is 2.36. The molecule has 1 aliphatic rings. The second-order valence-corrected chi connectivity index (χ2v) is 7.15. The van der Waals surface area contributed by atoms with E-state index in [2.05, 4.69) is 30.9 Å². The summed E-state index contributed by atoms with van der Waals surface area (Å²) in [6.45, 7) is 1.88. The molecule has 5 rings (SSSR count). The van der Waals surface area contributed by atoms with Crippen molar-refractivity contribution in [3.05, 3.63) is 77.0 Å². The van der Waals surface area contributed by atoms with Crippen LogP contribution in [0, 0.1) is 0 Å². The van der Waals surface area contributed by atoms with Gasteiger partial charge in [0.2, 0.25) is 0 Å². The van der Waals surface area contributed by atoms with Crippen molar-refractivity contribution in [3.8, 4) is 0 Å².